The lowest BCUT2D eigenvalue weighted by atomic mass is 9.74. The molecule has 2 atom stereocenters. The highest BCUT2D eigenvalue weighted by Gasteiger charge is 2.36. The van der Waals surface area contributed by atoms with Crippen LogP contribution >= 0.6 is 0 Å². The maximum Gasteiger partial charge on any atom is 0.220 e. The molecule has 1 aromatic heterocycles. The van der Waals surface area contributed by atoms with Crippen LogP contribution in [0.2, 0.25) is 0 Å². The van der Waals surface area contributed by atoms with Gasteiger partial charge in [0.15, 0.2) is 0 Å². The molecule has 1 amide bonds. The van der Waals surface area contributed by atoms with Gasteiger partial charge in [0, 0.05) is 48.1 Å². The number of fused-ring (bicyclic) bond motifs is 1. The molecule has 5 nitrogen and oxygen atoms in total. The fourth-order valence-electron chi connectivity index (χ4n) is 6.63. The van der Waals surface area contributed by atoms with E-state index in [9.17, 15) is 9.90 Å². The number of likely N-dealkylation sites (tertiary alicyclic amines) is 1. The molecule has 3 aromatic rings. The van der Waals surface area contributed by atoms with Crippen LogP contribution in [0.1, 0.15) is 95.6 Å². The van der Waals surface area contributed by atoms with E-state index in [1.807, 2.05) is 18.2 Å². The van der Waals surface area contributed by atoms with Crippen LogP contribution < -0.4 is 5.32 Å². The molecule has 0 saturated carbocycles. The van der Waals surface area contributed by atoms with Crippen molar-refractivity contribution in [2.75, 3.05) is 19.6 Å². The predicted molar refractivity (Wildman–Crippen MR) is 162 cm³/mol. The molecule has 212 valence electrons. The van der Waals surface area contributed by atoms with Gasteiger partial charge >= 0.3 is 0 Å². The van der Waals surface area contributed by atoms with Gasteiger partial charge in [-0.25, -0.2) is 0 Å². The number of rotatable bonds is 14. The van der Waals surface area contributed by atoms with E-state index >= 15 is 0 Å². The molecule has 1 aliphatic rings. The zero-order valence-electron chi connectivity index (χ0n) is 24.2. The van der Waals surface area contributed by atoms with Gasteiger partial charge in [-0.05, 0) is 80.8 Å². The van der Waals surface area contributed by atoms with Crippen LogP contribution in [0, 0.1) is 0 Å². The summed E-state index contributed by atoms with van der Waals surface area (Å²) < 4.78 is 0. The van der Waals surface area contributed by atoms with Crippen LogP contribution in [0.5, 0.6) is 5.75 Å². The summed E-state index contributed by atoms with van der Waals surface area (Å²) in [6.07, 6.45) is 15.3. The summed E-state index contributed by atoms with van der Waals surface area (Å²) in [5.41, 5.74) is 3.84. The lowest BCUT2D eigenvalue weighted by Crippen LogP contribution is -2.44. The Kier molecular flexibility index (Phi) is 10.9. The molecule has 1 saturated heterocycles. The molecule has 4 rings (SSSR count). The standard InChI is InChI=1S/C34H49N3O2/c1-3-29(37-23-12-11-21-34(4-2,26-37)28-14-13-16-30(38)24-28)15-7-5-6-8-19-33(39)35-22-20-27-25-36-32-18-10-9-17-31(27)32/h9-10,13-14,16-18,24-25,29,36,38H,3-8,11-12,15,19-23,26H2,1-2H3,(H,35,39)/t29?,34-/m1/s1. The van der Waals surface area contributed by atoms with Crippen LogP contribution in [0.25, 0.3) is 10.9 Å². The molecule has 5 heteroatoms. The molecule has 2 heterocycles. The number of carbonyl (C=O) groups excluding carboxylic acids is 1. The first-order chi connectivity index (χ1) is 19.0. The van der Waals surface area contributed by atoms with E-state index in [2.05, 4.69) is 59.5 Å². The number of hydrogen-bond acceptors (Lipinski definition) is 3. The number of phenols is 1. The van der Waals surface area contributed by atoms with Crippen LogP contribution in [0.4, 0.5) is 0 Å². The third kappa shape index (κ3) is 7.88. The number of benzene rings is 2. The number of carbonyl (C=O) groups is 1. The fourth-order valence-corrected chi connectivity index (χ4v) is 6.63. The predicted octanol–water partition coefficient (Wildman–Crippen LogP) is 7.49. The molecular formula is C34H49N3O2. The topological polar surface area (TPSA) is 68.4 Å². The maximum atomic E-state index is 12.3. The Hall–Kier alpha value is -2.79. The number of hydrogen-bond donors (Lipinski definition) is 3. The van der Waals surface area contributed by atoms with Crippen molar-refractivity contribution in [3.05, 3.63) is 65.9 Å². The molecule has 1 aliphatic heterocycles. The summed E-state index contributed by atoms with van der Waals surface area (Å²) in [5.74, 6) is 0.555. The first kappa shape index (κ1) is 29.2. The lowest BCUT2D eigenvalue weighted by molar-refractivity contribution is -0.121. The van der Waals surface area contributed by atoms with Crippen molar-refractivity contribution in [2.24, 2.45) is 0 Å². The van der Waals surface area contributed by atoms with Crippen molar-refractivity contribution in [1.82, 2.24) is 15.2 Å². The summed E-state index contributed by atoms with van der Waals surface area (Å²) >= 11 is 0. The Morgan fingerprint density at radius 2 is 1.92 bits per heavy atom. The number of phenolic OH excluding ortho intramolecular Hbond substituents is 1. The first-order valence-corrected chi connectivity index (χ1v) is 15.4. The molecule has 1 unspecified atom stereocenters. The Balaban J connectivity index is 1.15. The summed E-state index contributed by atoms with van der Waals surface area (Å²) in [6, 6.07) is 16.9. The molecule has 39 heavy (non-hydrogen) atoms. The minimum absolute atomic E-state index is 0.129. The van der Waals surface area contributed by atoms with Crippen molar-refractivity contribution in [1.29, 1.82) is 0 Å². The number of unbranched alkanes of at least 4 members (excludes halogenated alkanes) is 3. The summed E-state index contributed by atoms with van der Waals surface area (Å²) in [7, 11) is 0. The van der Waals surface area contributed by atoms with E-state index in [-0.39, 0.29) is 11.3 Å². The van der Waals surface area contributed by atoms with Gasteiger partial charge in [0.1, 0.15) is 5.75 Å². The monoisotopic (exact) mass is 531 g/mol. The highest BCUT2D eigenvalue weighted by atomic mass is 16.3. The van der Waals surface area contributed by atoms with Crippen LogP contribution in [0.15, 0.2) is 54.7 Å². The van der Waals surface area contributed by atoms with Crippen molar-refractivity contribution < 1.29 is 9.90 Å². The minimum Gasteiger partial charge on any atom is -0.508 e. The number of nitrogens with zero attached hydrogens (tertiary/aromatic N) is 1. The zero-order valence-corrected chi connectivity index (χ0v) is 24.2. The summed E-state index contributed by atoms with van der Waals surface area (Å²) in [5, 5.41) is 14.5. The number of nitrogens with one attached hydrogen (secondary N) is 2. The Morgan fingerprint density at radius 1 is 1.08 bits per heavy atom. The van der Waals surface area contributed by atoms with Gasteiger partial charge in [0.05, 0.1) is 0 Å². The van der Waals surface area contributed by atoms with Crippen molar-refractivity contribution in [3.63, 3.8) is 0 Å². The highest BCUT2D eigenvalue weighted by Crippen LogP contribution is 2.39. The Bertz CT molecular complexity index is 1170. The molecular weight excluding hydrogens is 482 g/mol. The first-order valence-electron chi connectivity index (χ1n) is 15.4. The van der Waals surface area contributed by atoms with E-state index in [1.54, 1.807) is 6.07 Å². The third-order valence-corrected chi connectivity index (χ3v) is 9.06. The molecule has 0 radical (unpaired) electrons. The normalized spacial score (nSPS) is 19.1. The number of amides is 1. The zero-order chi connectivity index (χ0) is 27.5. The molecule has 1 fully saturated rings. The molecule has 0 aliphatic carbocycles. The van der Waals surface area contributed by atoms with Crippen molar-refractivity contribution in [3.8, 4) is 5.75 Å². The Morgan fingerprint density at radius 3 is 2.74 bits per heavy atom. The molecule has 0 bridgehead atoms. The third-order valence-electron chi connectivity index (χ3n) is 9.06. The second kappa shape index (κ2) is 14.6. The number of aromatic nitrogens is 1. The van der Waals surface area contributed by atoms with E-state index in [0.717, 1.165) is 37.7 Å². The molecule has 2 aromatic carbocycles. The maximum absolute atomic E-state index is 12.3. The van der Waals surface area contributed by atoms with Gasteiger partial charge < -0.3 is 15.4 Å². The molecule has 3 N–H and O–H groups in total. The average molecular weight is 532 g/mol. The largest absolute Gasteiger partial charge is 0.508 e. The quantitative estimate of drug-likeness (QED) is 0.189. The summed E-state index contributed by atoms with van der Waals surface area (Å²) in [4.78, 5) is 18.4. The fraction of sp³-hybridized carbons (Fsp3) is 0.559. The van der Waals surface area contributed by atoms with E-state index in [4.69, 9.17) is 0 Å². The van der Waals surface area contributed by atoms with Gasteiger partial charge in [0.25, 0.3) is 0 Å². The lowest BCUT2D eigenvalue weighted by Gasteiger charge is -2.39. The van der Waals surface area contributed by atoms with Gasteiger partial charge in [-0.3, -0.25) is 9.69 Å². The van der Waals surface area contributed by atoms with Gasteiger partial charge in [0.2, 0.25) is 5.91 Å². The van der Waals surface area contributed by atoms with E-state index in [0.29, 0.717) is 24.8 Å². The second-order valence-electron chi connectivity index (χ2n) is 11.6. The van der Waals surface area contributed by atoms with Crippen molar-refractivity contribution >= 4 is 16.8 Å². The number of H-pyrrole nitrogens is 1. The molecule has 0 spiro atoms. The second-order valence-corrected chi connectivity index (χ2v) is 11.6. The number of aromatic amines is 1. The van der Waals surface area contributed by atoms with Crippen LogP contribution in [-0.4, -0.2) is 46.6 Å². The van der Waals surface area contributed by atoms with Crippen molar-refractivity contribution in [2.45, 2.75) is 102 Å². The smallest absolute Gasteiger partial charge is 0.220 e. The van der Waals surface area contributed by atoms with E-state index in [1.165, 1.54) is 68.0 Å². The number of aromatic hydroxyl groups is 1. The van der Waals surface area contributed by atoms with Crippen LogP contribution in [0.3, 0.4) is 0 Å². The highest BCUT2D eigenvalue weighted by molar-refractivity contribution is 5.83. The van der Waals surface area contributed by atoms with E-state index < -0.39 is 0 Å². The minimum atomic E-state index is 0.129. The average Bonchev–Trinajstić information content (AvgIpc) is 3.23. The number of para-hydroxylation sites is 1. The van der Waals surface area contributed by atoms with Gasteiger partial charge in [-0.15, -0.1) is 0 Å². The Labute approximate surface area is 235 Å². The summed E-state index contributed by atoms with van der Waals surface area (Å²) in [6.45, 7) is 7.60. The SMILES string of the molecule is CCC(CCCCCCC(=O)NCCc1c[nH]c2ccccc12)N1CCCC[C@@](CC)(c2cccc(O)c2)C1. The van der Waals surface area contributed by atoms with Gasteiger partial charge in [-0.1, -0.05) is 69.9 Å². The van der Waals surface area contributed by atoms with Crippen LogP contribution in [-0.2, 0) is 16.6 Å². The van der Waals surface area contributed by atoms with Gasteiger partial charge in [-0.2, -0.15) is 0 Å².